The third-order valence-electron chi connectivity index (χ3n) is 5.60. The molecule has 0 fully saturated rings. The van der Waals surface area contributed by atoms with Gasteiger partial charge in [-0.15, -0.1) is 0 Å². The van der Waals surface area contributed by atoms with E-state index in [0.29, 0.717) is 28.8 Å². The predicted octanol–water partition coefficient (Wildman–Crippen LogP) is 6.13. The number of phenols is 1. The highest BCUT2D eigenvalue weighted by atomic mass is 16.5. The topological polar surface area (TPSA) is 68.1 Å². The van der Waals surface area contributed by atoms with E-state index in [1.807, 2.05) is 6.07 Å². The lowest BCUT2D eigenvalue weighted by atomic mass is 9.99. The number of hydrogen-bond donors (Lipinski definition) is 1. The Kier molecular flexibility index (Phi) is 5.66. The summed E-state index contributed by atoms with van der Waals surface area (Å²) in [6, 6.07) is 15.6. The Morgan fingerprint density at radius 3 is 1.78 bits per heavy atom. The summed E-state index contributed by atoms with van der Waals surface area (Å²) >= 11 is 0. The molecule has 162 valence electrons. The van der Waals surface area contributed by atoms with Crippen LogP contribution in [0.25, 0.3) is 34.2 Å². The first-order valence-electron chi connectivity index (χ1n) is 10.6. The Morgan fingerprint density at radius 1 is 0.625 bits per heavy atom. The number of hydrogen-bond acceptors (Lipinski definition) is 5. The quantitative estimate of drug-likeness (QED) is 0.426. The molecule has 1 heterocycles. The minimum Gasteiger partial charge on any atom is -0.507 e. The van der Waals surface area contributed by atoms with Gasteiger partial charge in [0, 0.05) is 17.2 Å². The van der Waals surface area contributed by atoms with E-state index < -0.39 is 0 Å². The molecule has 3 aromatic carbocycles. The van der Waals surface area contributed by atoms with Crippen molar-refractivity contribution in [2.45, 2.75) is 34.6 Å². The number of nitrogens with zero attached hydrogens (tertiary/aromatic N) is 3. The molecule has 0 aliphatic rings. The maximum atomic E-state index is 10.7. The van der Waals surface area contributed by atoms with Gasteiger partial charge in [-0.25, -0.2) is 15.0 Å². The van der Waals surface area contributed by atoms with Gasteiger partial charge in [0.15, 0.2) is 17.5 Å². The zero-order valence-electron chi connectivity index (χ0n) is 19.3. The summed E-state index contributed by atoms with van der Waals surface area (Å²) in [4.78, 5) is 14.4. The van der Waals surface area contributed by atoms with Gasteiger partial charge in [-0.1, -0.05) is 41.5 Å². The molecule has 0 saturated heterocycles. The summed E-state index contributed by atoms with van der Waals surface area (Å²) in [5, 5.41) is 10.7. The number of aryl methyl sites for hydroxylation is 5. The number of methoxy groups -OCH3 is 1. The van der Waals surface area contributed by atoms with Crippen molar-refractivity contribution < 1.29 is 9.84 Å². The van der Waals surface area contributed by atoms with E-state index in [2.05, 4.69) is 58.9 Å². The minimum atomic E-state index is 0.0606. The molecule has 4 aromatic rings. The summed E-state index contributed by atoms with van der Waals surface area (Å²) in [7, 11) is 1.57. The van der Waals surface area contributed by atoms with Crippen molar-refractivity contribution in [1.29, 1.82) is 0 Å². The fraction of sp³-hybridized carbons (Fsp3) is 0.222. The van der Waals surface area contributed by atoms with Crippen molar-refractivity contribution in [3.8, 4) is 45.7 Å². The van der Waals surface area contributed by atoms with Gasteiger partial charge in [0.05, 0.1) is 12.7 Å². The molecular weight excluding hydrogens is 398 g/mol. The predicted molar refractivity (Wildman–Crippen MR) is 128 cm³/mol. The molecule has 0 unspecified atom stereocenters. The molecular formula is C27H27N3O2. The van der Waals surface area contributed by atoms with Crippen LogP contribution >= 0.6 is 0 Å². The molecule has 0 radical (unpaired) electrons. The van der Waals surface area contributed by atoms with Gasteiger partial charge in [-0.3, -0.25) is 0 Å². The Balaban J connectivity index is 2.00. The Hall–Kier alpha value is -3.73. The Labute approximate surface area is 188 Å². The fourth-order valence-electron chi connectivity index (χ4n) is 4.15. The van der Waals surface area contributed by atoms with Crippen LogP contribution in [0.4, 0.5) is 0 Å². The van der Waals surface area contributed by atoms with Gasteiger partial charge in [-0.2, -0.15) is 0 Å². The molecule has 0 bridgehead atoms. The van der Waals surface area contributed by atoms with Gasteiger partial charge in [0.1, 0.15) is 11.5 Å². The monoisotopic (exact) mass is 425 g/mol. The average Bonchev–Trinajstić information content (AvgIpc) is 2.72. The van der Waals surface area contributed by atoms with Gasteiger partial charge >= 0.3 is 0 Å². The molecule has 32 heavy (non-hydrogen) atoms. The highest BCUT2D eigenvalue weighted by Crippen LogP contribution is 2.34. The maximum absolute atomic E-state index is 10.7. The second kappa shape index (κ2) is 8.42. The SMILES string of the molecule is COc1ccc(-c2nc(-c3ccc(C)cc3C)nc(-c3c(C)cc(C)cc3C)n2)c(O)c1. The summed E-state index contributed by atoms with van der Waals surface area (Å²) < 4.78 is 5.23. The number of phenolic OH excluding ortho intramolecular Hbond substituents is 1. The van der Waals surface area contributed by atoms with Crippen LogP contribution in [-0.2, 0) is 0 Å². The molecule has 0 saturated carbocycles. The second-order valence-electron chi connectivity index (χ2n) is 8.28. The highest BCUT2D eigenvalue weighted by Gasteiger charge is 2.18. The Morgan fingerprint density at radius 2 is 1.19 bits per heavy atom. The standard InChI is InChI=1S/C27H27N3O2/c1-15-7-9-21(17(3)11-15)25-28-26(22-10-8-20(32-6)14-23(22)31)30-27(29-25)24-18(4)12-16(2)13-19(24)5/h7-14,31H,1-6H3. The van der Waals surface area contributed by atoms with Gasteiger partial charge in [-0.05, 0) is 63.4 Å². The molecule has 4 rings (SSSR count). The normalized spacial score (nSPS) is 10.9. The van der Waals surface area contributed by atoms with Crippen molar-refractivity contribution in [3.63, 3.8) is 0 Å². The van der Waals surface area contributed by atoms with Crippen molar-refractivity contribution >= 4 is 0 Å². The minimum absolute atomic E-state index is 0.0606. The largest absolute Gasteiger partial charge is 0.507 e. The zero-order chi connectivity index (χ0) is 23.0. The lowest BCUT2D eigenvalue weighted by molar-refractivity contribution is 0.408. The summed E-state index contributed by atoms with van der Waals surface area (Å²) in [5.74, 6) is 2.22. The van der Waals surface area contributed by atoms with Gasteiger partial charge < -0.3 is 9.84 Å². The molecule has 0 spiro atoms. The first-order valence-corrected chi connectivity index (χ1v) is 10.6. The lowest BCUT2D eigenvalue weighted by Gasteiger charge is -2.14. The maximum Gasteiger partial charge on any atom is 0.167 e. The smallest absolute Gasteiger partial charge is 0.167 e. The molecule has 1 N–H and O–H groups in total. The summed E-state index contributed by atoms with van der Waals surface area (Å²) in [6.45, 7) is 10.3. The van der Waals surface area contributed by atoms with Crippen LogP contribution in [-0.4, -0.2) is 27.2 Å². The van der Waals surface area contributed by atoms with Gasteiger partial charge in [0.25, 0.3) is 0 Å². The van der Waals surface area contributed by atoms with Crippen LogP contribution in [0.5, 0.6) is 11.5 Å². The summed E-state index contributed by atoms with van der Waals surface area (Å²) in [5.41, 5.74) is 8.12. The first-order chi connectivity index (χ1) is 15.3. The highest BCUT2D eigenvalue weighted by molar-refractivity contribution is 5.73. The fourth-order valence-corrected chi connectivity index (χ4v) is 4.15. The molecule has 5 nitrogen and oxygen atoms in total. The van der Waals surface area contributed by atoms with Crippen LogP contribution in [0.3, 0.4) is 0 Å². The Bertz CT molecular complexity index is 1310. The molecule has 0 aliphatic heterocycles. The lowest BCUT2D eigenvalue weighted by Crippen LogP contribution is -2.03. The number of aromatic nitrogens is 3. The second-order valence-corrected chi connectivity index (χ2v) is 8.28. The van der Waals surface area contributed by atoms with E-state index >= 15 is 0 Å². The zero-order valence-corrected chi connectivity index (χ0v) is 19.3. The molecule has 0 atom stereocenters. The van der Waals surface area contributed by atoms with Crippen molar-refractivity contribution in [3.05, 3.63) is 76.3 Å². The average molecular weight is 426 g/mol. The van der Waals surface area contributed by atoms with Crippen LogP contribution in [0.2, 0.25) is 0 Å². The van der Waals surface area contributed by atoms with E-state index in [4.69, 9.17) is 19.7 Å². The van der Waals surface area contributed by atoms with Crippen LogP contribution < -0.4 is 4.74 Å². The van der Waals surface area contributed by atoms with Crippen molar-refractivity contribution in [2.75, 3.05) is 7.11 Å². The van der Waals surface area contributed by atoms with Crippen LogP contribution in [0, 0.1) is 34.6 Å². The van der Waals surface area contributed by atoms with E-state index in [-0.39, 0.29) is 5.75 Å². The van der Waals surface area contributed by atoms with E-state index in [9.17, 15) is 5.11 Å². The first kappa shape index (κ1) is 21.5. The van der Waals surface area contributed by atoms with Crippen molar-refractivity contribution in [1.82, 2.24) is 15.0 Å². The third kappa shape index (κ3) is 4.06. The number of aromatic hydroxyl groups is 1. The molecule has 5 heteroatoms. The molecule has 0 amide bonds. The number of benzene rings is 3. The van der Waals surface area contributed by atoms with Gasteiger partial charge in [0.2, 0.25) is 0 Å². The van der Waals surface area contributed by atoms with E-state index in [0.717, 1.165) is 27.8 Å². The van der Waals surface area contributed by atoms with Crippen LogP contribution in [0.1, 0.15) is 27.8 Å². The number of rotatable bonds is 4. The van der Waals surface area contributed by atoms with E-state index in [1.54, 1.807) is 25.3 Å². The van der Waals surface area contributed by atoms with Crippen LogP contribution in [0.15, 0.2) is 48.5 Å². The molecule has 1 aromatic heterocycles. The third-order valence-corrected chi connectivity index (χ3v) is 5.60. The number of ether oxygens (including phenoxy) is 1. The van der Waals surface area contributed by atoms with E-state index in [1.165, 1.54) is 11.1 Å². The molecule has 0 aliphatic carbocycles. The van der Waals surface area contributed by atoms with Crippen molar-refractivity contribution in [2.24, 2.45) is 0 Å². The summed E-state index contributed by atoms with van der Waals surface area (Å²) in [6.07, 6.45) is 0.